The third-order valence-electron chi connectivity index (χ3n) is 5.13. The number of carbonyl (C=O) groups is 1. The molecule has 0 radical (unpaired) electrons. The summed E-state index contributed by atoms with van der Waals surface area (Å²) < 4.78 is 1.66. The number of nitrogens with zero attached hydrogens (tertiary/aromatic N) is 3. The number of aromatic nitrogens is 4. The topological polar surface area (TPSA) is 92.7 Å². The van der Waals surface area contributed by atoms with Crippen molar-refractivity contribution in [2.24, 2.45) is 5.92 Å². The lowest BCUT2D eigenvalue weighted by Crippen LogP contribution is -2.42. The number of aromatic amines is 1. The highest BCUT2D eigenvalue weighted by Gasteiger charge is 2.30. The van der Waals surface area contributed by atoms with Gasteiger partial charge in [0.05, 0.1) is 12.2 Å². The van der Waals surface area contributed by atoms with E-state index in [9.17, 15) is 9.59 Å². The molecule has 7 nitrogen and oxygen atoms in total. The first-order chi connectivity index (χ1) is 11.6. The zero-order chi connectivity index (χ0) is 16.7. The zero-order valence-corrected chi connectivity index (χ0v) is 14.4. The second kappa shape index (κ2) is 6.23. The van der Waals surface area contributed by atoms with Gasteiger partial charge in [0.2, 0.25) is 5.91 Å². The van der Waals surface area contributed by atoms with Crippen LogP contribution < -0.4 is 10.9 Å². The van der Waals surface area contributed by atoms with Crippen molar-refractivity contribution in [1.82, 2.24) is 25.1 Å². The molecule has 2 aromatic rings. The van der Waals surface area contributed by atoms with Crippen LogP contribution >= 0.6 is 11.8 Å². The number of H-pyrrole nitrogens is 1. The number of carbonyl (C=O) groups excluding carboxylic acids is 1. The molecule has 0 bridgehead atoms. The summed E-state index contributed by atoms with van der Waals surface area (Å²) in [6.07, 6.45) is 6.49. The largest absolute Gasteiger partial charge is 0.353 e. The highest BCUT2D eigenvalue weighted by atomic mass is 32.2. The van der Waals surface area contributed by atoms with Gasteiger partial charge in [-0.1, -0.05) is 31.5 Å². The van der Waals surface area contributed by atoms with Crippen molar-refractivity contribution in [2.45, 2.75) is 56.3 Å². The molecule has 1 saturated carbocycles. The Morgan fingerprint density at radius 1 is 1.46 bits per heavy atom. The van der Waals surface area contributed by atoms with E-state index in [2.05, 4.69) is 27.4 Å². The SMILES string of the molecule is CC1CCCCC1NC(=O)CC1CSc2nc3[nH]ncc3c(=O)n21. The predicted octanol–water partition coefficient (Wildman–Crippen LogP) is 1.85. The maximum atomic E-state index is 12.6. The van der Waals surface area contributed by atoms with Gasteiger partial charge in [-0.05, 0) is 18.8 Å². The standard InChI is InChI=1S/C16H21N5O2S/c1-9-4-2-3-5-12(9)18-13(22)6-10-8-24-16-19-14-11(7-17-20-14)15(23)21(10)16/h7,9-10,12H,2-6,8H2,1H3,(H,17,20)(H,18,22). The number of nitrogens with one attached hydrogen (secondary N) is 2. The third kappa shape index (κ3) is 2.72. The number of hydrogen-bond donors (Lipinski definition) is 2. The molecule has 3 atom stereocenters. The van der Waals surface area contributed by atoms with Crippen LogP contribution in [0.15, 0.2) is 16.1 Å². The van der Waals surface area contributed by atoms with Crippen LogP contribution in [0, 0.1) is 5.92 Å². The van der Waals surface area contributed by atoms with E-state index in [4.69, 9.17) is 0 Å². The number of rotatable bonds is 3. The average Bonchev–Trinajstić information content (AvgIpc) is 3.17. The predicted molar refractivity (Wildman–Crippen MR) is 92.1 cm³/mol. The molecular weight excluding hydrogens is 326 g/mol. The van der Waals surface area contributed by atoms with Gasteiger partial charge in [0.25, 0.3) is 5.56 Å². The van der Waals surface area contributed by atoms with Crippen LogP contribution in [-0.2, 0) is 4.79 Å². The Morgan fingerprint density at radius 3 is 3.12 bits per heavy atom. The first kappa shape index (κ1) is 15.7. The summed E-state index contributed by atoms with van der Waals surface area (Å²) >= 11 is 1.52. The van der Waals surface area contributed by atoms with Gasteiger partial charge in [-0.25, -0.2) is 4.98 Å². The van der Waals surface area contributed by atoms with Crippen LogP contribution in [0.2, 0.25) is 0 Å². The van der Waals surface area contributed by atoms with E-state index in [-0.39, 0.29) is 23.6 Å². The van der Waals surface area contributed by atoms with Gasteiger partial charge in [-0.2, -0.15) is 5.10 Å². The fourth-order valence-electron chi connectivity index (χ4n) is 3.72. The van der Waals surface area contributed by atoms with Crippen molar-refractivity contribution in [3.63, 3.8) is 0 Å². The van der Waals surface area contributed by atoms with E-state index in [0.717, 1.165) is 6.42 Å². The quantitative estimate of drug-likeness (QED) is 0.827. The number of hydrogen-bond acceptors (Lipinski definition) is 5. The van der Waals surface area contributed by atoms with Gasteiger partial charge in [0, 0.05) is 18.2 Å². The number of amides is 1. The van der Waals surface area contributed by atoms with Crippen molar-refractivity contribution in [2.75, 3.05) is 5.75 Å². The van der Waals surface area contributed by atoms with Crippen molar-refractivity contribution in [1.29, 1.82) is 0 Å². The van der Waals surface area contributed by atoms with Gasteiger partial charge in [-0.15, -0.1) is 0 Å². The van der Waals surface area contributed by atoms with Crippen LogP contribution in [0.25, 0.3) is 11.0 Å². The Labute approximate surface area is 143 Å². The normalized spacial score (nSPS) is 26.5. The van der Waals surface area contributed by atoms with E-state index >= 15 is 0 Å². The molecular formula is C16H21N5O2S. The molecule has 0 aromatic carbocycles. The molecule has 2 aliphatic rings. The van der Waals surface area contributed by atoms with Crippen LogP contribution in [0.3, 0.4) is 0 Å². The molecule has 24 heavy (non-hydrogen) atoms. The van der Waals surface area contributed by atoms with Gasteiger partial charge in [0.15, 0.2) is 10.8 Å². The van der Waals surface area contributed by atoms with Crippen molar-refractivity contribution >= 4 is 28.7 Å². The van der Waals surface area contributed by atoms with Gasteiger partial charge < -0.3 is 5.32 Å². The van der Waals surface area contributed by atoms with Gasteiger partial charge in [-0.3, -0.25) is 19.3 Å². The van der Waals surface area contributed by atoms with Crippen molar-refractivity contribution in [3.05, 3.63) is 16.6 Å². The second-order valence-corrected chi connectivity index (χ2v) is 7.79. The number of fused-ring (bicyclic) bond motifs is 2. The molecule has 3 heterocycles. The van der Waals surface area contributed by atoms with Crippen LogP contribution in [-0.4, -0.2) is 37.5 Å². The second-order valence-electron chi connectivity index (χ2n) is 6.81. The van der Waals surface area contributed by atoms with E-state index in [0.29, 0.717) is 34.3 Å². The molecule has 2 aromatic heterocycles. The summed E-state index contributed by atoms with van der Waals surface area (Å²) in [6.45, 7) is 2.20. The zero-order valence-electron chi connectivity index (χ0n) is 13.6. The molecule has 8 heteroatoms. The fraction of sp³-hybridized carbons (Fsp3) is 0.625. The maximum absolute atomic E-state index is 12.6. The van der Waals surface area contributed by atoms with Crippen LogP contribution in [0.4, 0.5) is 0 Å². The molecule has 4 rings (SSSR count). The first-order valence-corrected chi connectivity index (χ1v) is 9.50. The first-order valence-electron chi connectivity index (χ1n) is 8.51. The Kier molecular flexibility index (Phi) is 4.07. The Balaban J connectivity index is 1.51. The van der Waals surface area contributed by atoms with E-state index in [1.165, 1.54) is 37.2 Å². The molecule has 1 fully saturated rings. The minimum atomic E-state index is -0.136. The Morgan fingerprint density at radius 2 is 2.29 bits per heavy atom. The Bertz CT molecular complexity index is 829. The van der Waals surface area contributed by atoms with E-state index in [1.807, 2.05) is 0 Å². The molecule has 128 valence electrons. The molecule has 1 aliphatic carbocycles. The molecule has 3 unspecified atom stereocenters. The van der Waals surface area contributed by atoms with Crippen molar-refractivity contribution < 1.29 is 4.79 Å². The molecule has 1 aliphatic heterocycles. The summed E-state index contributed by atoms with van der Waals surface area (Å²) in [5, 5.41) is 10.9. The maximum Gasteiger partial charge on any atom is 0.265 e. The third-order valence-corrected chi connectivity index (χ3v) is 6.23. The average molecular weight is 347 g/mol. The minimum absolute atomic E-state index is 0.0337. The van der Waals surface area contributed by atoms with Gasteiger partial charge in [0.1, 0.15) is 5.39 Å². The minimum Gasteiger partial charge on any atom is -0.353 e. The lowest BCUT2D eigenvalue weighted by atomic mass is 9.86. The summed E-state index contributed by atoms with van der Waals surface area (Å²) in [5.74, 6) is 1.27. The fourth-order valence-corrected chi connectivity index (χ4v) is 4.85. The van der Waals surface area contributed by atoms with E-state index in [1.54, 1.807) is 4.57 Å². The van der Waals surface area contributed by atoms with E-state index < -0.39 is 0 Å². The summed E-state index contributed by atoms with van der Waals surface area (Å²) in [5.41, 5.74) is 0.400. The lowest BCUT2D eigenvalue weighted by molar-refractivity contribution is -0.123. The molecule has 1 amide bonds. The lowest BCUT2D eigenvalue weighted by Gasteiger charge is -2.29. The Hall–Kier alpha value is -1.83. The highest BCUT2D eigenvalue weighted by Crippen LogP contribution is 2.33. The number of thioether (sulfide) groups is 1. The smallest absolute Gasteiger partial charge is 0.265 e. The molecule has 0 saturated heterocycles. The monoisotopic (exact) mass is 347 g/mol. The van der Waals surface area contributed by atoms with Crippen LogP contribution in [0.1, 0.15) is 45.1 Å². The summed E-state index contributed by atoms with van der Waals surface area (Å²) in [6, 6.07) is 0.133. The van der Waals surface area contributed by atoms with Gasteiger partial charge >= 0.3 is 0 Å². The summed E-state index contributed by atoms with van der Waals surface area (Å²) in [4.78, 5) is 29.5. The van der Waals surface area contributed by atoms with Crippen molar-refractivity contribution in [3.8, 4) is 0 Å². The highest BCUT2D eigenvalue weighted by molar-refractivity contribution is 7.99. The van der Waals surface area contributed by atoms with Crippen LogP contribution in [0.5, 0.6) is 0 Å². The molecule has 2 N–H and O–H groups in total. The molecule has 0 spiro atoms. The summed E-state index contributed by atoms with van der Waals surface area (Å²) in [7, 11) is 0.